The third-order valence-corrected chi connectivity index (χ3v) is 7.32. The zero-order valence-electron chi connectivity index (χ0n) is 15.4. The summed E-state index contributed by atoms with van der Waals surface area (Å²) in [4.78, 5) is 19.8. The first-order valence-electron chi connectivity index (χ1n) is 9.47. The Morgan fingerprint density at radius 1 is 1.19 bits per heavy atom. The summed E-state index contributed by atoms with van der Waals surface area (Å²) in [6.07, 6.45) is 2.23. The summed E-state index contributed by atoms with van der Waals surface area (Å²) in [5.41, 5.74) is 1.62. The van der Waals surface area contributed by atoms with E-state index in [1.54, 1.807) is 0 Å². The molecule has 27 heavy (non-hydrogen) atoms. The lowest BCUT2D eigenvalue weighted by atomic mass is 9.89. The molecule has 1 N–H and O–H groups in total. The first-order chi connectivity index (χ1) is 13.3. The van der Waals surface area contributed by atoms with Crippen molar-refractivity contribution in [3.05, 3.63) is 41.4 Å². The number of rotatable bonds is 5. The first-order valence-corrected chi connectivity index (χ1v) is 11.5. The number of thioether (sulfide) groups is 1. The summed E-state index contributed by atoms with van der Waals surface area (Å²) in [6, 6.07) is 10.0. The number of amides is 1. The van der Waals surface area contributed by atoms with Crippen LogP contribution in [0.5, 0.6) is 0 Å². The molecule has 1 aromatic carbocycles. The average Bonchev–Trinajstić information content (AvgIpc) is 3.24. The summed E-state index contributed by atoms with van der Waals surface area (Å²) >= 11 is 3.53. The Morgan fingerprint density at radius 3 is 2.67 bits per heavy atom. The van der Waals surface area contributed by atoms with Crippen molar-refractivity contribution in [2.24, 2.45) is 0 Å². The van der Waals surface area contributed by atoms with Crippen LogP contribution >= 0.6 is 23.1 Å². The Balaban J connectivity index is 1.43. The lowest BCUT2D eigenvalue weighted by molar-refractivity contribution is -0.0255. The highest BCUT2D eigenvalue weighted by Crippen LogP contribution is 2.33. The maximum absolute atomic E-state index is 12.7. The normalized spacial score (nSPS) is 20.3. The van der Waals surface area contributed by atoms with Crippen LogP contribution < -0.4 is 5.32 Å². The molecule has 0 saturated carbocycles. The fraction of sp³-hybridized carbons (Fsp3) is 0.500. The van der Waals surface area contributed by atoms with Gasteiger partial charge in [0.05, 0.1) is 13.2 Å². The standard InChI is InChI=1S/C20H25N3O2S2/c24-18(17-14-27-19(22-17)16-4-2-1-3-5-16)21-15-20(6-12-26-13-7-20)23-8-10-25-11-9-23/h1-5,14H,6-13,15H2,(H,21,24). The number of ether oxygens (including phenoxy) is 1. The molecule has 1 aromatic heterocycles. The van der Waals surface area contributed by atoms with E-state index in [-0.39, 0.29) is 11.4 Å². The molecule has 2 fully saturated rings. The van der Waals surface area contributed by atoms with E-state index in [0.29, 0.717) is 12.2 Å². The van der Waals surface area contributed by atoms with Crippen molar-refractivity contribution in [1.82, 2.24) is 15.2 Å². The van der Waals surface area contributed by atoms with Gasteiger partial charge in [0.25, 0.3) is 5.91 Å². The zero-order chi connectivity index (χ0) is 18.5. The molecule has 0 bridgehead atoms. The topological polar surface area (TPSA) is 54.5 Å². The van der Waals surface area contributed by atoms with Crippen LogP contribution in [0, 0.1) is 0 Å². The third-order valence-electron chi connectivity index (χ3n) is 5.44. The van der Waals surface area contributed by atoms with Gasteiger partial charge in [-0.3, -0.25) is 9.69 Å². The van der Waals surface area contributed by atoms with Gasteiger partial charge in [-0.15, -0.1) is 11.3 Å². The fourth-order valence-corrected chi connectivity index (χ4v) is 5.88. The quantitative estimate of drug-likeness (QED) is 0.831. The summed E-state index contributed by atoms with van der Waals surface area (Å²) in [6.45, 7) is 4.17. The van der Waals surface area contributed by atoms with Crippen LogP contribution in [0.1, 0.15) is 23.3 Å². The van der Waals surface area contributed by atoms with Crippen LogP contribution in [0.3, 0.4) is 0 Å². The van der Waals surface area contributed by atoms with Crippen LogP contribution in [0.4, 0.5) is 0 Å². The number of morpholine rings is 1. The van der Waals surface area contributed by atoms with Gasteiger partial charge in [-0.05, 0) is 24.3 Å². The number of aromatic nitrogens is 1. The van der Waals surface area contributed by atoms with Crippen LogP contribution in [0.15, 0.2) is 35.7 Å². The highest BCUT2D eigenvalue weighted by atomic mass is 32.2. The average molecular weight is 404 g/mol. The number of hydrogen-bond acceptors (Lipinski definition) is 6. The molecule has 0 atom stereocenters. The molecule has 0 spiro atoms. The molecule has 7 heteroatoms. The molecule has 2 aliphatic heterocycles. The predicted molar refractivity (Wildman–Crippen MR) is 112 cm³/mol. The molecule has 144 valence electrons. The van der Waals surface area contributed by atoms with Crippen LogP contribution in [0.2, 0.25) is 0 Å². The minimum atomic E-state index is -0.0701. The minimum Gasteiger partial charge on any atom is -0.379 e. The van der Waals surface area contributed by atoms with Gasteiger partial charge in [0.1, 0.15) is 10.7 Å². The molecular formula is C20H25N3O2S2. The summed E-state index contributed by atoms with van der Waals surface area (Å²) in [7, 11) is 0. The van der Waals surface area contributed by atoms with Crippen molar-refractivity contribution in [3.63, 3.8) is 0 Å². The molecule has 0 radical (unpaired) electrons. The van der Waals surface area contributed by atoms with Crippen molar-refractivity contribution in [1.29, 1.82) is 0 Å². The molecule has 4 rings (SSSR count). The number of carbonyl (C=O) groups is 1. The Hall–Kier alpha value is -1.41. The lowest BCUT2D eigenvalue weighted by Gasteiger charge is -2.48. The zero-order valence-corrected chi connectivity index (χ0v) is 17.0. The maximum Gasteiger partial charge on any atom is 0.270 e. The van der Waals surface area contributed by atoms with Crippen LogP contribution in [-0.4, -0.2) is 65.7 Å². The molecule has 5 nitrogen and oxygen atoms in total. The molecular weight excluding hydrogens is 378 g/mol. The Morgan fingerprint density at radius 2 is 1.93 bits per heavy atom. The van der Waals surface area contributed by atoms with Gasteiger partial charge in [-0.2, -0.15) is 11.8 Å². The van der Waals surface area contributed by atoms with E-state index < -0.39 is 0 Å². The van der Waals surface area contributed by atoms with E-state index in [1.165, 1.54) is 11.3 Å². The lowest BCUT2D eigenvalue weighted by Crippen LogP contribution is -2.60. The summed E-state index contributed by atoms with van der Waals surface area (Å²) in [5.74, 6) is 2.24. The SMILES string of the molecule is O=C(NCC1(N2CCOCC2)CCSCC1)c1csc(-c2ccccc2)n1. The van der Waals surface area contributed by atoms with Gasteiger partial charge in [-0.25, -0.2) is 4.98 Å². The summed E-state index contributed by atoms with van der Waals surface area (Å²) < 4.78 is 5.53. The van der Waals surface area contributed by atoms with Gasteiger partial charge < -0.3 is 10.1 Å². The highest BCUT2D eigenvalue weighted by Gasteiger charge is 2.39. The maximum atomic E-state index is 12.7. The van der Waals surface area contributed by atoms with Gasteiger partial charge >= 0.3 is 0 Å². The Bertz CT molecular complexity index is 754. The largest absolute Gasteiger partial charge is 0.379 e. The van der Waals surface area contributed by atoms with Crippen LogP contribution in [-0.2, 0) is 4.74 Å². The molecule has 2 saturated heterocycles. The number of benzene rings is 1. The number of carbonyl (C=O) groups excluding carboxylic acids is 1. The van der Waals surface area contributed by atoms with Gasteiger partial charge in [0.15, 0.2) is 0 Å². The van der Waals surface area contributed by atoms with E-state index in [0.717, 1.165) is 61.2 Å². The second-order valence-corrected chi connectivity index (χ2v) is 9.11. The molecule has 2 aliphatic rings. The van der Waals surface area contributed by atoms with Crippen molar-refractivity contribution in [2.45, 2.75) is 18.4 Å². The Labute approximate surface area is 168 Å². The van der Waals surface area contributed by atoms with E-state index in [4.69, 9.17) is 4.74 Å². The van der Waals surface area contributed by atoms with Crippen molar-refractivity contribution < 1.29 is 9.53 Å². The smallest absolute Gasteiger partial charge is 0.270 e. The Kier molecular flexibility index (Phi) is 6.12. The van der Waals surface area contributed by atoms with Crippen molar-refractivity contribution in [2.75, 3.05) is 44.4 Å². The molecule has 0 unspecified atom stereocenters. The van der Waals surface area contributed by atoms with E-state index in [9.17, 15) is 4.79 Å². The molecule has 1 amide bonds. The van der Waals surface area contributed by atoms with E-state index in [1.807, 2.05) is 47.5 Å². The molecule has 0 aliphatic carbocycles. The summed E-state index contributed by atoms with van der Waals surface area (Å²) in [5, 5.41) is 5.93. The second-order valence-electron chi connectivity index (χ2n) is 7.02. The van der Waals surface area contributed by atoms with Gasteiger partial charge in [0, 0.05) is 36.1 Å². The van der Waals surface area contributed by atoms with E-state index in [2.05, 4.69) is 15.2 Å². The number of nitrogens with one attached hydrogen (secondary N) is 1. The predicted octanol–water partition coefficient (Wildman–Crippen LogP) is 3.14. The van der Waals surface area contributed by atoms with Gasteiger partial charge in [-0.1, -0.05) is 30.3 Å². The monoisotopic (exact) mass is 403 g/mol. The van der Waals surface area contributed by atoms with Gasteiger partial charge in [0.2, 0.25) is 0 Å². The molecule has 3 heterocycles. The fourth-order valence-electron chi connectivity index (χ4n) is 3.82. The van der Waals surface area contributed by atoms with E-state index >= 15 is 0 Å². The number of hydrogen-bond donors (Lipinski definition) is 1. The number of nitrogens with zero attached hydrogens (tertiary/aromatic N) is 2. The first kappa shape index (κ1) is 18.9. The second kappa shape index (κ2) is 8.73. The highest BCUT2D eigenvalue weighted by molar-refractivity contribution is 7.99. The number of thiazole rings is 1. The minimum absolute atomic E-state index is 0.0585. The third kappa shape index (κ3) is 4.37. The van der Waals surface area contributed by atoms with Crippen molar-refractivity contribution >= 4 is 29.0 Å². The molecule has 2 aromatic rings. The van der Waals surface area contributed by atoms with Crippen molar-refractivity contribution in [3.8, 4) is 10.6 Å². The van der Waals surface area contributed by atoms with Crippen LogP contribution in [0.25, 0.3) is 10.6 Å².